The third-order valence-corrected chi connectivity index (χ3v) is 3.43. The van der Waals surface area contributed by atoms with Crippen molar-refractivity contribution in [1.29, 1.82) is 0 Å². The molecular weight excluding hydrogens is 262 g/mol. The van der Waals surface area contributed by atoms with Gasteiger partial charge in [0, 0.05) is 31.4 Å². The van der Waals surface area contributed by atoms with Gasteiger partial charge in [0.1, 0.15) is 0 Å². The molecule has 0 saturated carbocycles. The normalized spacial score (nSPS) is 12.7. The average molecular weight is 286 g/mol. The van der Waals surface area contributed by atoms with Crippen LogP contribution in [0.4, 0.5) is 5.82 Å². The highest BCUT2D eigenvalue weighted by Gasteiger charge is 2.06. The summed E-state index contributed by atoms with van der Waals surface area (Å²) < 4.78 is 1.71. The number of nitrogens with zero attached hydrogens (tertiary/aromatic N) is 2. The lowest BCUT2D eigenvalue weighted by molar-refractivity contribution is 0.509. The van der Waals surface area contributed by atoms with Crippen LogP contribution in [0.15, 0.2) is 17.2 Å². The SMILES string of the molecule is CC(C)Cn1ccnc(NCCCC(C)CCl)c1=O. The number of aromatic nitrogens is 2. The van der Waals surface area contributed by atoms with E-state index in [1.54, 1.807) is 17.0 Å². The molecule has 0 spiro atoms. The summed E-state index contributed by atoms with van der Waals surface area (Å²) >= 11 is 5.76. The minimum Gasteiger partial charge on any atom is -0.365 e. The van der Waals surface area contributed by atoms with Crippen LogP contribution in [0.1, 0.15) is 33.6 Å². The summed E-state index contributed by atoms with van der Waals surface area (Å²) in [5.74, 6) is 2.09. The number of alkyl halides is 1. The number of halogens is 1. The van der Waals surface area contributed by atoms with E-state index in [1.165, 1.54) is 0 Å². The van der Waals surface area contributed by atoms with Gasteiger partial charge >= 0.3 is 0 Å². The van der Waals surface area contributed by atoms with E-state index in [9.17, 15) is 4.79 Å². The van der Waals surface area contributed by atoms with E-state index in [0.717, 1.165) is 25.9 Å². The monoisotopic (exact) mass is 285 g/mol. The van der Waals surface area contributed by atoms with Gasteiger partial charge in [-0.1, -0.05) is 20.8 Å². The van der Waals surface area contributed by atoms with Gasteiger partial charge in [-0.15, -0.1) is 11.6 Å². The second kappa shape index (κ2) is 8.20. The molecule has 1 N–H and O–H groups in total. The van der Waals surface area contributed by atoms with Crippen LogP contribution in [0, 0.1) is 11.8 Å². The standard InChI is InChI=1S/C14H24ClN3O/c1-11(2)10-18-8-7-17-13(14(18)19)16-6-4-5-12(3)9-15/h7-8,11-12H,4-6,9-10H2,1-3H3,(H,16,17). The van der Waals surface area contributed by atoms with E-state index < -0.39 is 0 Å². The Hall–Kier alpha value is -1.03. The Morgan fingerprint density at radius 1 is 1.42 bits per heavy atom. The Morgan fingerprint density at radius 3 is 2.79 bits per heavy atom. The van der Waals surface area contributed by atoms with E-state index in [1.807, 2.05) is 0 Å². The van der Waals surface area contributed by atoms with Gasteiger partial charge in [-0.3, -0.25) is 4.79 Å². The molecule has 0 aromatic carbocycles. The molecule has 0 radical (unpaired) electrons. The quantitative estimate of drug-likeness (QED) is 0.590. The molecule has 1 aromatic rings. The van der Waals surface area contributed by atoms with Gasteiger partial charge in [-0.25, -0.2) is 4.98 Å². The number of anilines is 1. The zero-order valence-electron chi connectivity index (χ0n) is 12.0. The average Bonchev–Trinajstić information content (AvgIpc) is 2.37. The van der Waals surface area contributed by atoms with Gasteiger partial charge in [0.05, 0.1) is 0 Å². The van der Waals surface area contributed by atoms with Gasteiger partial charge < -0.3 is 9.88 Å². The molecule has 1 unspecified atom stereocenters. The van der Waals surface area contributed by atoms with Crippen molar-refractivity contribution in [3.8, 4) is 0 Å². The Kier molecular flexibility index (Phi) is 6.92. The molecule has 0 amide bonds. The van der Waals surface area contributed by atoms with E-state index in [-0.39, 0.29) is 5.56 Å². The number of hydrogen-bond acceptors (Lipinski definition) is 3. The molecule has 0 aliphatic rings. The molecule has 0 fully saturated rings. The molecule has 0 bridgehead atoms. The lowest BCUT2D eigenvalue weighted by atomic mass is 10.1. The van der Waals surface area contributed by atoms with Crippen molar-refractivity contribution < 1.29 is 0 Å². The van der Waals surface area contributed by atoms with Crippen LogP contribution in [0.5, 0.6) is 0 Å². The fraction of sp³-hybridized carbons (Fsp3) is 0.714. The molecular formula is C14H24ClN3O. The number of nitrogens with one attached hydrogen (secondary N) is 1. The molecule has 1 rings (SSSR count). The largest absolute Gasteiger partial charge is 0.365 e. The van der Waals surface area contributed by atoms with Crippen molar-refractivity contribution in [3.05, 3.63) is 22.7 Å². The van der Waals surface area contributed by atoms with Gasteiger partial charge in [0.25, 0.3) is 5.56 Å². The first-order valence-electron chi connectivity index (χ1n) is 6.89. The third kappa shape index (κ3) is 5.64. The molecule has 1 aromatic heterocycles. The summed E-state index contributed by atoms with van der Waals surface area (Å²) in [6.45, 7) is 7.79. The fourth-order valence-electron chi connectivity index (χ4n) is 1.84. The highest BCUT2D eigenvalue weighted by Crippen LogP contribution is 2.07. The van der Waals surface area contributed by atoms with Crippen molar-refractivity contribution >= 4 is 17.4 Å². The molecule has 0 aliphatic carbocycles. The third-order valence-electron chi connectivity index (χ3n) is 2.91. The van der Waals surface area contributed by atoms with Gasteiger partial charge in [-0.05, 0) is 24.7 Å². The molecule has 0 saturated heterocycles. The molecule has 1 atom stereocenters. The van der Waals surface area contributed by atoms with E-state index in [0.29, 0.717) is 23.5 Å². The van der Waals surface area contributed by atoms with E-state index in [2.05, 4.69) is 31.1 Å². The van der Waals surface area contributed by atoms with Crippen molar-refractivity contribution in [2.75, 3.05) is 17.7 Å². The highest BCUT2D eigenvalue weighted by molar-refractivity contribution is 6.18. The van der Waals surface area contributed by atoms with E-state index in [4.69, 9.17) is 11.6 Å². The second-order valence-electron chi connectivity index (χ2n) is 5.46. The van der Waals surface area contributed by atoms with E-state index >= 15 is 0 Å². The Labute approximate surface area is 120 Å². The maximum Gasteiger partial charge on any atom is 0.293 e. The van der Waals surface area contributed by atoms with Gasteiger partial charge in [-0.2, -0.15) is 0 Å². The molecule has 1 heterocycles. The van der Waals surface area contributed by atoms with Crippen LogP contribution in [-0.2, 0) is 6.54 Å². The summed E-state index contributed by atoms with van der Waals surface area (Å²) in [6.07, 6.45) is 5.47. The number of hydrogen-bond donors (Lipinski definition) is 1. The summed E-state index contributed by atoms with van der Waals surface area (Å²) in [4.78, 5) is 16.2. The zero-order chi connectivity index (χ0) is 14.3. The van der Waals surface area contributed by atoms with Crippen molar-refractivity contribution in [2.24, 2.45) is 11.8 Å². The summed E-state index contributed by atoms with van der Waals surface area (Å²) in [5.41, 5.74) is -0.0402. The van der Waals surface area contributed by atoms with Crippen LogP contribution < -0.4 is 10.9 Å². The van der Waals surface area contributed by atoms with Crippen LogP contribution in [0.2, 0.25) is 0 Å². The highest BCUT2D eigenvalue weighted by atomic mass is 35.5. The van der Waals surface area contributed by atoms with Crippen LogP contribution in [0.25, 0.3) is 0 Å². The van der Waals surface area contributed by atoms with Crippen LogP contribution in [0.3, 0.4) is 0 Å². The minimum absolute atomic E-state index is 0.0402. The Bertz CT molecular complexity index is 431. The maximum atomic E-state index is 12.1. The topological polar surface area (TPSA) is 46.9 Å². The lowest BCUT2D eigenvalue weighted by Crippen LogP contribution is -2.26. The van der Waals surface area contributed by atoms with Crippen molar-refractivity contribution in [2.45, 2.75) is 40.2 Å². The Balaban J connectivity index is 2.52. The molecule has 19 heavy (non-hydrogen) atoms. The Morgan fingerprint density at radius 2 is 2.16 bits per heavy atom. The summed E-state index contributed by atoms with van der Waals surface area (Å²) in [5, 5.41) is 3.12. The van der Waals surface area contributed by atoms with Crippen LogP contribution in [-0.4, -0.2) is 22.0 Å². The first-order valence-corrected chi connectivity index (χ1v) is 7.43. The first kappa shape index (κ1) is 16.0. The molecule has 0 aliphatic heterocycles. The lowest BCUT2D eigenvalue weighted by Gasteiger charge is -2.11. The molecule has 5 heteroatoms. The predicted octanol–water partition coefficient (Wildman–Crippen LogP) is 2.97. The zero-order valence-corrected chi connectivity index (χ0v) is 12.8. The first-order chi connectivity index (χ1) is 9.04. The van der Waals surface area contributed by atoms with Crippen molar-refractivity contribution in [3.63, 3.8) is 0 Å². The maximum absolute atomic E-state index is 12.1. The molecule has 4 nitrogen and oxygen atoms in total. The van der Waals surface area contributed by atoms with Gasteiger partial charge in [0.2, 0.25) is 0 Å². The fourth-order valence-corrected chi connectivity index (χ4v) is 1.99. The summed E-state index contributed by atoms with van der Waals surface area (Å²) in [7, 11) is 0. The van der Waals surface area contributed by atoms with Crippen molar-refractivity contribution in [1.82, 2.24) is 9.55 Å². The van der Waals surface area contributed by atoms with Gasteiger partial charge in [0.15, 0.2) is 5.82 Å². The van der Waals surface area contributed by atoms with Crippen LogP contribution >= 0.6 is 11.6 Å². The second-order valence-corrected chi connectivity index (χ2v) is 5.76. The molecule has 108 valence electrons. The minimum atomic E-state index is -0.0402. The number of rotatable bonds is 8. The smallest absolute Gasteiger partial charge is 0.293 e. The predicted molar refractivity (Wildman–Crippen MR) is 80.9 cm³/mol. The summed E-state index contributed by atoms with van der Waals surface area (Å²) in [6, 6.07) is 0.